The number of halogens is 6. The normalized spacial score (nSPS) is 13.3. The summed E-state index contributed by atoms with van der Waals surface area (Å²) in [5.74, 6) is -2.59. The Morgan fingerprint density at radius 1 is 1.36 bits per heavy atom. The van der Waals surface area contributed by atoms with Crippen LogP contribution in [-0.4, -0.2) is 37.2 Å². The van der Waals surface area contributed by atoms with Gasteiger partial charge < -0.3 is 14.2 Å². The second-order valence-electron chi connectivity index (χ2n) is 4.30. The first-order valence-corrected chi connectivity index (χ1v) is 6.84. The van der Waals surface area contributed by atoms with E-state index in [9.17, 15) is 31.5 Å². The SMILES string of the molecule is CCOC(=O)c1c(OC(C=O)OC)cc(C(F)(F)Cl)nc1C(F)(F)F. The highest BCUT2D eigenvalue weighted by Gasteiger charge is 2.43. The van der Waals surface area contributed by atoms with E-state index in [2.05, 4.69) is 14.5 Å². The minimum absolute atomic E-state index is 0.0289. The van der Waals surface area contributed by atoms with Crippen LogP contribution in [0.25, 0.3) is 0 Å². The summed E-state index contributed by atoms with van der Waals surface area (Å²) >= 11 is 4.71. The van der Waals surface area contributed by atoms with Gasteiger partial charge in [0, 0.05) is 13.2 Å². The molecule has 0 spiro atoms. The highest BCUT2D eigenvalue weighted by Crippen LogP contribution is 2.40. The lowest BCUT2D eigenvalue weighted by Gasteiger charge is -2.20. The highest BCUT2D eigenvalue weighted by molar-refractivity contribution is 6.21. The van der Waals surface area contributed by atoms with Gasteiger partial charge in [-0.1, -0.05) is 0 Å². The molecule has 1 unspecified atom stereocenters. The third kappa shape index (κ3) is 5.23. The Labute approximate surface area is 142 Å². The lowest BCUT2D eigenvalue weighted by Crippen LogP contribution is -2.26. The Bertz CT molecular complexity index is 647. The van der Waals surface area contributed by atoms with Gasteiger partial charge in [0.1, 0.15) is 17.0 Å². The maximum Gasteiger partial charge on any atom is 0.434 e. The summed E-state index contributed by atoms with van der Waals surface area (Å²) in [6, 6.07) is 0.296. The number of aldehydes is 1. The summed E-state index contributed by atoms with van der Waals surface area (Å²) in [4.78, 5) is 25.3. The number of methoxy groups -OCH3 is 1. The standard InChI is InChI=1S/C13H11ClF5NO5/c1-3-24-11(22)9-6(25-8(5-21)23-2)4-7(12(14,15)16)20-10(9)13(17,18)19/h4-5,8H,3H2,1-2H3. The zero-order chi connectivity index (χ0) is 19.4. The number of rotatable bonds is 7. The topological polar surface area (TPSA) is 74.7 Å². The Balaban J connectivity index is 3.72. The van der Waals surface area contributed by atoms with Crippen LogP contribution < -0.4 is 4.74 Å². The number of aromatic nitrogens is 1. The number of ether oxygens (including phenoxy) is 3. The number of nitrogens with zero attached hydrogens (tertiary/aromatic N) is 1. The maximum absolute atomic E-state index is 13.2. The van der Waals surface area contributed by atoms with Crippen LogP contribution in [0.1, 0.15) is 28.7 Å². The second-order valence-corrected chi connectivity index (χ2v) is 4.78. The highest BCUT2D eigenvalue weighted by atomic mass is 35.5. The van der Waals surface area contributed by atoms with E-state index in [0.29, 0.717) is 6.07 Å². The number of alkyl halides is 6. The summed E-state index contributed by atoms with van der Waals surface area (Å²) in [6.07, 6.45) is -7.06. The zero-order valence-electron chi connectivity index (χ0n) is 12.7. The Morgan fingerprint density at radius 3 is 2.36 bits per heavy atom. The Hall–Kier alpha value is -2.01. The van der Waals surface area contributed by atoms with Gasteiger partial charge in [0.15, 0.2) is 12.0 Å². The van der Waals surface area contributed by atoms with Gasteiger partial charge in [0.05, 0.1) is 6.61 Å². The smallest absolute Gasteiger partial charge is 0.434 e. The fraction of sp³-hybridized carbons (Fsp3) is 0.462. The molecule has 0 N–H and O–H groups in total. The van der Waals surface area contributed by atoms with E-state index in [0.717, 1.165) is 7.11 Å². The van der Waals surface area contributed by atoms with Crippen LogP contribution in [0, 0.1) is 0 Å². The summed E-state index contributed by atoms with van der Waals surface area (Å²) < 4.78 is 79.8. The van der Waals surface area contributed by atoms with Crippen LogP contribution >= 0.6 is 11.6 Å². The van der Waals surface area contributed by atoms with Crippen LogP contribution in [0.5, 0.6) is 5.75 Å². The lowest BCUT2D eigenvalue weighted by atomic mass is 10.1. The van der Waals surface area contributed by atoms with Gasteiger partial charge in [0.2, 0.25) is 0 Å². The summed E-state index contributed by atoms with van der Waals surface area (Å²) in [5.41, 5.74) is -4.83. The Morgan fingerprint density at radius 2 is 1.96 bits per heavy atom. The monoisotopic (exact) mass is 391 g/mol. The molecule has 1 aromatic rings. The molecule has 0 aromatic carbocycles. The van der Waals surface area contributed by atoms with E-state index in [1.807, 2.05) is 0 Å². The van der Waals surface area contributed by atoms with Crippen molar-refractivity contribution in [3.05, 3.63) is 23.0 Å². The predicted octanol–water partition coefficient (Wildman–Crippen LogP) is 3.12. The number of esters is 1. The Kier molecular flexibility index (Phi) is 6.66. The largest absolute Gasteiger partial charge is 0.462 e. The molecule has 0 aliphatic heterocycles. The molecule has 0 radical (unpaired) electrons. The molecule has 1 atom stereocenters. The molecular formula is C13H11ClF5NO5. The molecule has 0 bridgehead atoms. The van der Waals surface area contributed by atoms with Crippen molar-refractivity contribution in [2.75, 3.05) is 13.7 Å². The van der Waals surface area contributed by atoms with Crippen molar-refractivity contribution in [1.82, 2.24) is 4.98 Å². The fourth-order valence-corrected chi connectivity index (χ4v) is 1.72. The molecule has 0 saturated carbocycles. The van der Waals surface area contributed by atoms with Gasteiger partial charge in [-0.25, -0.2) is 9.78 Å². The number of carbonyl (C=O) groups excluding carboxylic acids is 2. The molecule has 1 rings (SSSR count). The molecule has 0 aliphatic carbocycles. The molecule has 0 amide bonds. The van der Waals surface area contributed by atoms with Crippen molar-refractivity contribution >= 4 is 23.9 Å². The predicted molar refractivity (Wildman–Crippen MR) is 72.4 cm³/mol. The quantitative estimate of drug-likeness (QED) is 0.234. The zero-order valence-corrected chi connectivity index (χ0v) is 13.5. The first-order chi connectivity index (χ1) is 11.5. The minimum Gasteiger partial charge on any atom is -0.462 e. The average Bonchev–Trinajstić information content (AvgIpc) is 2.50. The van der Waals surface area contributed by atoms with Crippen LogP contribution in [0.3, 0.4) is 0 Å². The van der Waals surface area contributed by atoms with Gasteiger partial charge in [-0.05, 0) is 18.5 Å². The molecule has 0 fully saturated rings. The van der Waals surface area contributed by atoms with E-state index in [1.165, 1.54) is 6.92 Å². The third-order valence-electron chi connectivity index (χ3n) is 2.61. The van der Waals surface area contributed by atoms with E-state index in [-0.39, 0.29) is 12.9 Å². The average molecular weight is 392 g/mol. The summed E-state index contributed by atoms with van der Waals surface area (Å²) in [5, 5.41) is -4.30. The van der Waals surface area contributed by atoms with Gasteiger partial charge in [0.25, 0.3) is 6.29 Å². The number of hydrogen-bond donors (Lipinski definition) is 0. The van der Waals surface area contributed by atoms with E-state index < -0.39 is 46.5 Å². The molecule has 6 nitrogen and oxygen atoms in total. The lowest BCUT2D eigenvalue weighted by molar-refractivity contribution is -0.142. The third-order valence-corrected chi connectivity index (χ3v) is 2.80. The van der Waals surface area contributed by atoms with Crippen LogP contribution in [0.2, 0.25) is 0 Å². The number of pyridine rings is 1. The van der Waals surface area contributed by atoms with Crippen LogP contribution in [0.4, 0.5) is 22.0 Å². The van der Waals surface area contributed by atoms with Crippen molar-refractivity contribution in [3.8, 4) is 5.75 Å². The molecule has 140 valence electrons. The molecule has 1 heterocycles. The summed E-state index contributed by atoms with van der Waals surface area (Å²) in [7, 11) is 0.964. The van der Waals surface area contributed by atoms with Crippen molar-refractivity contribution in [3.63, 3.8) is 0 Å². The molecule has 25 heavy (non-hydrogen) atoms. The van der Waals surface area contributed by atoms with Gasteiger partial charge in [-0.3, -0.25) is 4.79 Å². The van der Waals surface area contributed by atoms with E-state index in [1.54, 1.807) is 0 Å². The molecule has 1 aromatic heterocycles. The van der Waals surface area contributed by atoms with Gasteiger partial charge >= 0.3 is 17.5 Å². The van der Waals surface area contributed by atoms with Crippen LogP contribution in [-0.2, 0) is 25.8 Å². The number of carbonyl (C=O) groups is 2. The van der Waals surface area contributed by atoms with Crippen molar-refractivity contribution in [1.29, 1.82) is 0 Å². The van der Waals surface area contributed by atoms with Gasteiger partial charge in [-0.2, -0.15) is 22.0 Å². The molecule has 0 aliphatic rings. The van der Waals surface area contributed by atoms with Crippen molar-refractivity contribution in [2.24, 2.45) is 0 Å². The van der Waals surface area contributed by atoms with E-state index in [4.69, 9.17) is 16.3 Å². The first kappa shape index (κ1) is 21.0. The van der Waals surface area contributed by atoms with Crippen molar-refractivity contribution in [2.45, 2.75) is 24.8 Å². The fourth-order valence-electron chi connectivity index (χ4n) is 1.62. The molecular weight excluding hydrogens is 381 g/mol. The maximum atomic E-state index is 13.2. The van der Waals surface area contributed by atoms with E-state index >= 15 is 0 Å². The van der Waals surface area contributed by atoms with Crippen LogP contribution in [0.15, 0.2) is 6.07 Å². The van der Waals surface area contributed by atoms with Gasteiger partial charge in [-0.15, -0.1) is 0 Å². The molecule has 12 heteroatoms. The summed E-state index contributed by atoms with van der Waals surface area (Å²) in [6.45, 7) is 0.994. The number of hydrogen-bond acceptors (Lipinski definition) is 6. The minimum atomic E-state index is -5.32. The second kappa shape index (κ2) is 7.91. The molecule has 0 saturated heterocycles. The van der Waals surface area contributed by atoms with Crippen molar-refractivity contribution < 1.29 is 45.8 Å². The first-order valence-electron chi connectivity index (χ1n) is 6.47.